The molecule has 1 amide bonds. The van der Waals surface area contributed by atoms with Gasteiger partial charge in [0.25, 0.3) is 0 Å². The number of amides is 1. The summed E-state index contributed by atoms with van der Waals surface area (Å²) in [6, 6.07) is 4.68. The first kappa shape index (κ1) is 16.3. The normalized spacial score (nSPS) is 12.1. The van der Waals surface area contributed by atoms with Gasteiger partial charge in [0, 0.05) is 17.8 Å². The molecule has 0 aromatic heterocycles. The fraction of sp³-hybridized carbons (Fsp3) is 0.533. The highest BCUT2D eigenvalue weighted by Crippen LogP contribution is 2.20. The van der Waals surface area contributed by atoms with Gasteiger partial charge in [-0.2, -0.15) is 0 Å². The van der Waals surface area contributed by atoms with Crippen molar-refractivity contribution in [3.8, 4) is 5.75 Å². The molecular formula is C15H23FN2O2. The summed E-state index contributed by atoms with van der Waals surface area (Å²) in [6.45, 7) is 8.37. The van der Waals surface area contributed by atoms with Crippen molar-refractivity contribution in [3.63, 3.8) is 0 Å². The lowest BCUT2D eigenvalue weighted by Gasteiger charge is -2.17. The number of carbonyl (C=O) groups is 1. The lowest BCUT2D eigenvalue weighted by molar-refractivity contribution is -0.120. The Balaban J connectivity index is 2.49. The second-order valence-corrected chi connectivity index (χ2v) is 5.03. The Morgan fingerprint density at radius 1 is 1.35 bits per heavy atom. The molecule has 2 N–H and O–H groups in total. The van der Waals surface area contributed by atoms with E-state index in [1.54, 1.807) is 19.1 Å². The predicted molar refractivity (Wildman–Crippen MR) is 78.5 cm³/mol. The van der Waals surface area contributed by atoms with E-state index < -0.39 is 5.82 Å². The molecule has 0 heterocycles. The average molecular weight is 282 g/mol. The Hall–Kier alpha value is -1.78. The lowest BCUT2D eigenvalue weighted by atomic mass is 10.1. The molecule has 4 nitrogen and oxygen atoms in total. The van der Waals surface area contributed by atoms with Gasteiger partial charge in [-0.3, -0.25) is 4.79 Å². The molecular weight excluding hydrogens is 259 g/mol. The van der Waals surface area contributed by atoms with Crippen LogP contribution in [-0.2, 0) is 4.79 Å². The maximum atomic E-state index is 13.6. The number of hydrogen-bond acceptors (Lipinski definition) is 3. The van der Waals surface area contributed by atoms with E-state index in [1.807, 2.05) is 20.8 Å². The highest BCUT2D eigenvalue weighted by atomic mass is 19.1. The minimum atomic E-state index is -0.437. The maximum absolute atomic E-state index is 13.6. The van der Waals surface area contributed by atoms with Gasteiger partial charge in [0.2, 0.25) is 5.91 Å². The van der Waals surface area contributed by atoms with Crippen molar-refractivity contribution in [2.45, 2.75) is 33.7 Å². The molecule has 0 aliphatic carbocycles. The minimum Gasteiger partial charge on any atom is -0.491 e. The molecule has 5 heteroatoms. The fourth-order valence-electron chi connectivity index (χ4n) is 1.54. The highest BCUT2D eigenvalue weighted by Gasteiger charge is 2.11. The molecule has 0 spiro atoms. The van der Waals surface area contributed by atoms with Crippen molar-refractivity contribution in [2.75, 3.05) is 18.5 Å². The first-order valence-corrected chi connectivity index (χ1v) is 6.89. The molecule has 112 valence electrons. The molecule has 20 heavy (non-hydrogen) atoms. The lowest BCUT2D eigenvalue weighted by Crippen LogP contribution is -2.39. The van der Waals surface area contributed by atoms with Crippen LogP contribution in [0, 0.1) is 11.7 Å². The molecule has 0 bridgehead atoms. The van der Waals surface area contributed by atoms with Crippen LogP contribution in [0.4, 0.5) is 10.1 Å². The molecule has 0 saturated carbocycles. The Labute approximate surface area is 119 Å². The Bertz CT molecular complexity index is 449. The quantitative estimate of drug-likeness (QED) is 0.808. The largest absolute Gasteiger partial charge is 0.491 e. The van der Waals surface area contributed by atoms with Gasteiger partial charge >= 0.3 is 0 Å². The van der Waals surface area contributed by atoms with E-state index in [9.17, 15) is 9.18 Å². The molecule has 1 atom stereocenters. The molecule has 0 aliphatic rings. The minimum absolute atomic E-state index is 0.111. The summed E-state index contributed by atoms with van der Waals surface area (Å²) in [5, 5.41) is 5.77. The van der Waals surface area contributed by atoms with Crippen LogP contribution in [0.5, 0.6) is 5.75 Å². The SMILES string of the molecule is CCOc1ccc(NCC(=O)NC(C)C(C)C)cc1F. The zero-order chi connectivity index (χ0) is 15.1. The summed E-state index contributed by atoms with van der Waals surface area (Å²) in [6.07, 6.45) is 0. The van der Waals surface area contributed by atoms with Crippen LogP contribution in [0.2, 0.25) is 0 Å². The molecule has 1 aromatic carbocycles. The van der Waals surface area contributed by atoms with Gasteiger partial charge < -0.3 is 15.4 Å². The van der Waals surface area contributed by atoms with Crippen LogP contribution < -0.4 is 15.4 Å². The van der Waals surface area contributed by atoms with Crippen LogP contribution in [-0.4, -0.2) is 25.1 Å². The summed E-state index contributed by atoms with van der Waals surface area (Å²) in [4.78, 5) is 11.7. The summed E-state index contributed by atoms with van der Waals surface area (Å²) < 4.78 is 18.7. The van der Waals surface area contributed by atoms with E-state index in [-0.39, 0.29) is 24.2 Å². The van der Waals surface area contributed by atoms with Crippen molar-refractivity contribution in [2.24, 2.45) is 5.92 Å². The van der Waals surface area contributed by atoms with Gasteiger partial charge in [0.1, 0.15) is 0 Å². The van der Waals surface area contributed by atoms with Crippen LogP contribution in [0.15, 0.2) is 18.2 Å². The molecule has 0 radical (unpaired) electrons. The van der Waals surface area contributed by atoms with E-state index >= 15 is 0 Å². The predicted octanol–water partition coefficient (Wildman–Crippen LogP) is 2.80. The van der Waals surface area contributed by atoms with Crippen molar-refractivity contribution >= 4 is 11.6 Å². The van der Waals surface area contributed by atoms with Crippen LogP contribution in [0.25, 0.3) is 0 Å². The molecule has 1 rings (SSSR count). The first-order chi connectivity index (χ1) is 9.43. The highest BCUT2D eigenvalue weighted by molar-refractivity contribution is 5.80. The third kappa shape index (κ3) is 5.07. The molecule has 0 aliphatic heterocycles. The Kier molecular flexibility index (Phi) is 6.28. The number of ether oxygens (including phenoxy) is 1. The topological polar surface area (TPSA) is 50.4 Å². The number of nitrogens with one attached hydrogen (secondary N) is 2. The smallest absolute Gasteiger partial charge is 0.239 e. The van der Waals surface area contributed by atoms with E-state index in [4.69, 9.17) is 4.74 Å². The standard InChI is InChI=1S/C15H23FN2O2/c1-5-20-14-7-6-12(8-13(14)16)17-9-15(19)18-11(4)10(2)3/h6-8,10-11,17H,5,9H2,1-4H3,(H,18,19). The molecule has 1 aromatic rings. The number of carbonyl (C=O) groups excluding carboxylic acids is 1. The average Bonchev–Trinajstić information content (AvgIpc) is 2.39. The number of halogens is 1. The first-order valence-electron chi connectivity index (χ1n) is 6.89. The summed E-state index contributed by atoms with van der Waals surface area (Å²) in [5.74, 6) is 0.0473. The Morgan fingerprint density at radius 3 is 2.60 bits per heavy atom. The zero-order valence-corrected chi connectivity index (χ0v) is 12.5. The number of anilines is 1. The van der Waals surface area contributed by atoms with Crippen LogP contribution in [0.3, 0.4) is 0 Å². The third-order valence-corrected chi connectivity index (χ3v) is 3.07. The van der Waals surface area contributed by atoms with Crippen LogP contribution >= 0.6 is 0 Å². The summed E-state index contributed by atoms with van der Waals surface area (Å²) in [7, 11) is 0. The molecule has 1 unspecified atom stereocenters. The zero-order valence-electron chi connectivity index (χ0n) is 12.5. The molecule has 0 fully saturated rings. The fourth-order valence-corrected chi connectivity index (χ4v) is 1.54. The van der Waals surface area contributed by atoms with Gasteiger partial charge in [-0.25, -0.2) is 4.39 Å². The van der Waals surface area contributed by atoms with Gasteiger partial charge in [-0.15, -0.1) is 0 Å². The number of benzene rings is 1. The van der Waals surface area contributed by atoms with E-state index in [2.05, 4.69) is 10.6 Å². The maximum Gasteiger partial charge on any atom is 0.239 e. The number of hydrogen-bond donors (Lipinski definition) is 2. The monoisotopic (exact) mass is 282 g/mol. The van der Waals surface area contributed by atoms with E-state index in [0.29, 0.717) is 18.2 Å². The Morgan fingerprint density at radius 2 is 2.05 bits per heavy atom. The summed E-state index contributed by atoms with van der Waals surface area (Å²) >= 11 is 0. The molecule has 0 saturated heterocycles. The number of rotatable bonds is 7. The van der Waals surface area contributed by atoms with Crippen molar-refractivity contribution in [1.29, 1.82) is 0 Å². The summed E-state index contributed by atoms with van der Waals surface area (Å²) in [5.41, 5.74) is 0.554. The van der Waals surface area contributed by atoms with Gasteiger partial charge in [-0.05, 0) is 31.9 Å². The van der Waals surface area contributed by atoms with Gasteiger partial charge in [-0.1, -0.05) is 13.8 Å². The van der Waals surface area contributed by atoms with Gasteiger partial charge in [0.15, 0.2) is 11.6 Å². The van der Waals surface area contributed by atoms with Crippen molar-refractivity contribution < 1.29 is 13.9 Å². The van der Waals surface area contributed by atoms with Crippen molar-refractivity contribution in [3.05, 3.63) is 24.0 Å². The van der Waals surface area contributed by atoms with E-state index in [1.165, 1.54) is 6.07 Å². The van der Waals surface area contributed by atoms with Crippen LogP contribution in [0.1, 0.15) is 27.7 Å². The van der Waals surface area contributed by atoms with Gasteiger partial charge in [0.05, 0.1) is 13.2 Å². The van der Waals surface area contributed by atoms with Crippen molar-refractivity contribution in [1.82, 2.24) is 5.32 Å². The second kappa shape index (κ2) is 7.72. The second-order valence-electron chi connectivity index (χ2n) is 5.03. The van der Waals surface area contributed by atoms with E-state index in [0.717, 1.165) is 0 Å². The third-order valence-electron chi connectivity index (χ3n) is 3.07.